The van der Waals surface area contributed by atoms with Crippen molar-refractivity contribution in [2.24, 2.45) is 5.41 Å². The molecule has 9 heteroatoms. The topological polar surface area (TPSA) is 114 Å². The van der Waals surface area contributed by atoms with E-state index >= 15 is 0 Å². The zero-order chi connectivity index (χ0) is 35.9. The van der Waals surface area contributed by atoms with Gasteiger partial charge in [-0.15, -0.1) is 0 Å². The number of rotatable bonds is 22. The molecule has 1 aliphatic rings. The second-order valence-corrected chi connectivity index (χ2v) is 17.5. The monoisotopic (exact) mass is 701 g/mol. The summed E-state index contributed by atoms with van der Waals surface area (Å²) in [4.78, 5) is 2.05. The summed E-state index contributed by atoms with van der Waals surface area (Å²) in [6, 6.07) is 8.23. The number of sulfonamides is 1. The van der Waals surface area contributed by atoms with Gasteiger partial charge >= 0.3 is 0 Å². The van der Waals surface area contributed by atoms with Crippen LogP contribution in [0.5, 0.6) is 11.5 Å². The molecule has 0 amide bonds. The van der Waals surface area contributed by atoms with Crippen molar-refractivity contribution in [3.63, 3.8) is 0 Å². The first-order chi connectivity index (χ1) is 23.2. The minimum Gasteiger partial charge on any atom is -0.506 e. The maximum atomic E-state index is 13.9. The smallest absolute Gasteiger partial charge is 0.264 e. The minimum atomic E-state index is -4.11. The number of nitrogens with one attached hydrogen (secondary N) is 1. The lowest BCUT2D eigenvalue weighted by molar-refractivity contribution is 0.122. The Morgan fingerprint density at radius 2 is 1.39 bits per heavy atom. The van der Waals surface area contributed by atoms with Gasteiger partial charge in [0.15, 0.2) is 0 Å². The van der Waals surface area contributed by atoms with Gasteiger partial charge in [-0.25, -0.2) is 8.42 Å². The largest absolute Gasteiger partial charge is 0.506 e. The summed E-state index contributed by atoms with van der Waals surface area (Å²) in [5.74, 6) is 0.460. The Hall–Kier alpha value is -2.65. The van der Waals surface area contributed by atoms with Crippen LogP contribution >= 0.6 is 0 Å². The van der Waals surface area contributed by atoms with Gasteiger partial charge in [0.25, 0.3) is 10.0 Å². The number of nitrogens with zero attached hydrogens (tertiary/aromatic N) is 1. The average molecular weight is 702 g/mol. The molecule has 0 radical (unpaired) electrons. The van der Waals surface area contributed by atoms with Crippen LogP contribution in [0.4, 0.5) is 17.1 Å². The quantitative estimate of drug-likeness (QED) is 0.0636. The van der Waals surface area contributed by atoms with Gasteiger partial charge in [0.05, 0.1) is 31.2 Å². The van der Waals surface area contributed by atoms with Gasteiger partial charge in [0.2, 0.25) is 0 Å². The van der Waals surface area contributed by atoms with Crippen molar-refractivity contribution in [2.75, 3.05) is 48.3 Å². The number of aromatic hydroxyl groups is 1. The summed E-state index contributed by atoms with van der Waals surface area (Å²) in [5.41, 5.74) is 7.63. The minimum absolute atomic E-state index is 0.0361. The van der Waals surface area contributed by atoms with Crippen molar-refractivity contribution < 1.29 is 23.0 Å². The molecule has 8 nitrogen and oxygen atoms in total. The number of ether oxygens (including phenoxy) is 2. The molecule has 1 fully saturated rings. The van der Waals surface area contributed by atoms with E-state index in [1.165, 1.54) is 83.1 Å². The SMILES string of the molecule is CCCCCCCCCCCCCCCCOc1cc(NS(=O)(=O)c2cc(N)ccc2N2CCOCC2)c(O)cc1C(C)(C)CC(C)(C)C. The average Bonchev–Trinajstić information content (AvgIpc) is 3.03. The summed E-state index contributed by atoms with van der Waals surface area (Å²) in [7, 11) is -4.11. The second-order valence-electron chi connectivity index (χ2n) is 15.9. The summed E-state index contributed by atoms with van der Waals surface area (Å²) in [6.07, 6.45) is 18.9. The number of benzene rings is 2. The predicted octanol–water partition coefficient (Wildman–Crippen LogP) is 10.2. The Balaban J connectivity index is 1.65. The van der Waals surface area contributed by atoms with E-state index in [4.69, 9.17) is 15.2 Å². The summed E-state index contributed by atoms with van der Waals surface area (Å²) in [5, 5.41) is 11.2. The summed E-state index contributed by atoms with van der Waals surface area (Å²) < 4.78 is 42.3. The molecule has 0 aromatic heterocycles. The molecule has 1 aliphatic heterocycles. The molecule has 1 saturated heterocycles. The van der Waals surface area contributed by atoms with E-state index in [1.807, 2.05) is 4.90 Å². The Morgan fingerprint density at radius 1 is 0.837 bits per heavy atom. The van der Waals surface area contributed by atoms with Gasteiger partial charge in [-0.2, -0.15) is 0 Å². The molecule has 0 spiro atoms. The normalized spacial score (nSPS) is 14.3. The van der Waals surface area contributed by atoms with Crippen molar-refractivity contribution >= 4 is 27.1 Å². The maximum Gasteiger partial charge on any atom is 0.264 e. The molecule has 0 aliphatic carbocycles. The standard InChI is InChI=1S/C40H67N3O5S/c1-7-8-9-10-11-12-13-14-15-16-17-18-19-20-25-48-37-30-34(36(44)29-33(37)40(5,6)31-39(2,3)4)42-49(45,46)38-28-32(41)21-22-35(38)43-23-26-47-27-24-43/h21-22,28-30,42,44H,7-20,23-27,31,41H2,1-6H3. The lowest BCUT2D eigenvalue weighted by Gasteiger charge is -2.34. The van der Waals surface area contributed by atoms with E-state index in [9.17, 15) is 13.5 Å². The van der Waals surface area contributed by atoms with Crippen LogP contribution in [0, 0.1) is 5.41 Å². The number of nitrogen functional groups attached to an aromatic ring is 1. The van der Waals surface area contributed by atoms with Crippen molar-refractivity contribution in [2.45, 2.75) is 148 Å². The zero-order valence-electron chi connectivity index (χ0n) is 31.5. The first-order valence-corrected chi connectivity index (χ1v) is 20.5. The van der Waals surface area contributed by atoms with Crippen LogP contribution in [0.2, 0.25) is 0 Å². The van der Waals surface area contributed by atoms with Crippen LogP contribution in [-0.2, 0) is 20.2 Å². The van der Waals surface area contributed by atoms with Crippen molar-refractivity contribution in [3.05, 3.63) is 35.9 Å². The fourth-order valence-corrected chi connectivity index (χ4v) is 8.54. The van der Waals surface area contributed by atoms with E-state index < -0.39 is 10.0 Å². The lowest BCUT2D eigenvalue weighted by atomic mass is 9.72. The Morgan fingerprint density at radius 3 is 1.94 bits per heavy atom. The predicted molar refractivity (Wildman–Crippen MR) is 206 cm³/mol. The highest BCUT2D eigenvalue weighted by atomic mass is 32.2. The molecule has 3 rings (SSSR count). The Labute approximate surface area is 298 Å². The maximum absolute atomic E-state index is 13.9. The van der Waals surface area contributed by atoms with Crippen LogP contribution in [0.25, 0.3) is 0 Å². The van der Waals surface area contributed by atoms with Gasteiger partial charge < -0.3 is 25.2 Å². The molecule has 1 heterocycles. The number of phenolic OH excluding ortho intramolecular Hbond substituents is 1. The van der Waals surface area contributed by atoms with E-state index in [0.29, 0.717) is 50.0 Å². The van der Waals surface area contributed by atoms with E-state index in [2.05, 4.69) is 46.3 Å². The van der Waals surface area contributed by atoms with E-state index in [1.54, 1.807) is 24.3 Å². The first-order valence-electron chi connectivity index (χ1n) is 19.0. The lowest BCUT2D eigenvalue weighted by Crippen LogP contribution is -2.37. The number of phenols is 1. The number of hydrogen-bond donors (Lipinski definition) is 3. The van der Waals surface area contributed by atoms with Gasteiger partial charge in [0, 0.05) is 30.4 Å². The third kappa shape index (κ3) is 13.9. The molecule has 0 saturated carbocycles. The van der Waals surface area contributed by atoms with Crippen LogP contribution in [0.15, 0.2) is 35.2 Å². The molecule has 278 valence electrons. The fourth-order valence-electron chi connectivity index (χ4n) is 7.21. The molecule has 0 unspecified atom stereocenters. The number of unbranched alkanes of at least 4 members (excludes halogenated alkanes) is 13. The van der Waals surface area contributed by atoms with Crippen LogP contribution in [-0.4, -0.2) is 46.4 Å². The molecular weight excluding hydrogens is 635 g/mol. The third-order valence-electron chi connectivity index (χ3n) is 9.42. The van der Waals surface area contributed by atoms with Gasteiger partial charge in [-0.1, -0.05) is 125 Å². The highest BCUT2D eigenvalue weighted by molar-refractivity contribution is 7.93. The molecule has 0 bridgehead atoms. The molecule has 4 N–H and O–H groups in total. The molecule has 49 heavy (non-hydrogen) atoms. The molecule has 0 atom stereocenters. The number of nitrogens with two attached hydrogens (primary N) is 1. The van der Waals surface area contributed by atoms with Gasteiger partial charge in [-0.3, -0.25) is 4.72 Å². The summed E-state index contributed by atoms with van der Waals surface area (Å²) >= 11 is 0. The zero-order valence-corrected chi connectivity index (χ0v) is 32.4. The number of morpholine rings is 1. The molecule has 2 aromatic rings. The van der Waals surface area contributed by atoms with Crippen molar-refractivity contribution in [3.8, 4) is 11.5 Å². The summed E-state index contributed by atoms with van der Waals surface area (Å²) in [6.45, 7) is 15.9. The second kappa shape index (κ2) is 19.7. The molecular formula is C40H67N3O5S. The first kappa shape index (κ1) is 40.8. The van der Waals surface area contributed by atoms with Crippen molar-refractivity contribution in [1.82, 2.24) is 0 Å². The van der Waals surface area contributed by atoms with E-state index in [-0.39, 0.29) is 27.2 Å². The number of anilines is 3. The fraction of sp³-hybridized carbons (Fsp3) is 0.700. The van der Waals surface area contributed by atoms with Crippen LogP contribution in [0.3, 0.4) is 0 Å². The highest BCUT2D eigenvalue weighted by Gasteiger charge is 2.32. The number of hydrogen-bond acceptors (Lipinski definition) is 7. The van der Waals surface area contributed by atoms with Crippen LogP contribution < -0.4 is 20.1 Å². The van der Waals surface area contributed by atoms with Gasteiger partial charge in [-0.05, 0) is 47.9 Å². The highest BCUT2D eigenvalue weighted by Crippen LogP contribution is 2.45. The molecule has 2 aromatic carbocycles. The van der Waals surface area contributed by atoms with Crippen molar-refractivity contribution in [1.29, 1.82) is 0 Å². The Bertz CT molecular complexity index is 1380. The van der Waals surface area contributed by atoms with Gasteiger partial charge in [0.1, 0.15) is 16.4 Å². The van der Waals surface area contributed by atoms with Crippen LogP contribution in [0.1, 0.15) is 143 Å². The third-order valence-corrected chi connectivity index (χ3v) is 10.8. The van der Waals surface area contributed by atoms with E-state index in [0.717, 1.165) is 24.8 Å². The Kier molecular flexibility index (Phi) is 16.4.